The van der Waals surface area contributed by atoms with E-state index < -0.39 is 0 Å². The van der Waals surface area contributed by atoms with Gasteiger partial charge >= 0.3 is 0 Å². The Bertz CT molecular complexity index is 522. The van der Waals surface area contributed by atoms with E-state index in [9.17, 15) is 9.90 Å². The summed E-state index contributed by atoms with van der Waals surface area (Å²) in [6.07, 6.45) is 8.55. The maximum absolute atomic E-state index is 13.1. The lowest BCUT2D eigenvalue weighted by atomic mass is 9.49. The second kappa shape index (κ2) is 6.46. The Balaban J connectivity index is 1.21. The molecule has 6 rings (SSSR count). The number of amides is 1. The zero-order valence-corrected chi connectivity index (χ0v) is 16.3. The number of β-amino-alcohol motifs (C(OH)–C–C–N with tert-alkyl or cyclic N) is 1. The summed E-state index contributed by atoms with van der Waals surface area (Å²) < 4.78 is 0. The van der Waals surface area contributed by atoms with Gasteiger partial charge in [-0.05, 0) is 68.7 Å². The van der Waals surface area contributed by atoms with Gasteiger partial charge in [-0.25, -0.2) is 0 Å². The van der Waals surface area contributed by atoms with Crippen LogP contribution in [0.3, 0.4) is 0 Å². The molecule has 0 unspecified atom stereocenters. The average molecular weight is 362 g/mol. The first-order valence-corrected chi connectivity index (χ1v) is 10.9. The number of rotatable bonds is 3. The van der Waals surface area contributed by atoms with Gasteiger partial charge in [0, 0.05) is 45.7 Å². The second-order valence-electron chi connectivity index (χ2n) is 10.4. The minimum absolute atomic E-state index is 0.143. The number of likely N-dealkylation sites (N-methyl/N-ethyl adjacent to an activating group) is 1. The van der Waals surface area contributed by atoms with E-state index in [0.29, 0.717) is 17.9 Å². The van der Waals surface area contributed by atoms with Crippen LogP contribution >= 0.6 is 0 Å². The molecule has 2 heterocycles. The fourth-order valence-electron chi connectivity index (χ4n) is 7.42. The van der Waals surface area contributed by atoms with Crippen molar-refractivity contribution in [3.05, 3.63) is 0 Å². The van der Waals surface area contributed by atoms with Gasteiger partial charge in [0.1, 0.15) is 0 Å². The van der Waals surface area contributed by atoms with Crippen molar-refractivity contribution in [1.29, 1.82) is 0 Å². The number of likely N-dealkylation sites (tertiary alicyclic amines) is 1. The highest BCUT2D eigenvalue weighted by Crippen LogP contribution is 2.61. The Labute approximate surface area is 157 Å². The number of piperazine rings is 1. The maximum atomic E-state index is 13.1. The highest BCUT2D eigenvalue weighted by atomic mass is 16.3. The molecule has 0 aromatic heterocycles. The molecule has 1 amide bonds. The molecule has 5 heteroatoms. The molecule has 6 fully saturated rings. The topological polar surface area (TPSA) is 47.0 Å². The molecular formula is C21H35N3O2. The molecule has 6 aliphatic rings. The lowest BCUT2D eigenvalue weighted by Gasteiger charge is -2.56. The van der Waals surface area contributed by atoms with Crippen LogP contribution in [-0.4, -0.2) is 84.2 Å². The van der Waals surface area contributed by atoms with Gasteiger partial charge in [0.25, 0.3) is 0 Å². The van der Waals surface area contributed by atoms with Gasteiger partial charge in [-0.3, -0.25) is 9.69 Å². The SMILES string of the molecule is CN1CCN([C@@H]2CN(C(=O)CC34CC5CC(CC(C5)C3)C4)C[C@H]2O)CC1. The summed E-state index contributed by atoms with van der Waals surface area (Å²) in [5.41, 5.74) is 0.308. The molecule has 0 spiro atoms. The monoisotopic (exact) mass is 361 g/mol. The van der Waals surface area contributed by atoms with E-state index in [1.807, 2.05) is 4.90 Å². The molecular weight excluding hydrogens is 326 g/mol. The zero-order valence-electron chi connectivity index (χ0n) is 16.3. The number of hydrogen-bond donors (Lipinski definition) is 1. The summed E-state index contributed by atoms with van der Waals surface area (Å²) in [5, 5.41) is 10.6. The third kappa shape index (κ3) is 3.10. The summed E-state index contributed by atoms with van der Waals surface area (Å²) in [6, 6.07) is 0.143. The molecule has 2 atom stereocenters. The van der Waals surface area contributed by atoms with Crippen LogP contribution in [0.2, 0.25) is 0 Å². The molecule has 4 bridgehead atoms. The van der Waals surface area contributed by atoms with Crippen molar-refractivity contribution in [3.63, 3.8) is 0 Å². The van der Waals surface area contributed by atoms with Crippen molar-refractivity contribution >= 4 is 5.91 Å². The van der Waals surface area contributed by atoms with E-state index >= 15 is 0 Å². The number of aliphatic hydroxyl groups is 1. The molecule has 0 aromatic carbocycles. The number of aliphatic hydroxyl groups excluding tert-OH is 1. The normalized spacial score (nSPS) is 46.2. The fourth-order valence-corrected chi connectivity index (χ4v) is 7.42. The van der Waals surface area contributed by atoms with Crippen LogP contribution in [0.5, 0.6) is 0 Å². The molecule has 2 aliphatic heterocycles. The molecule has 4 saturated carbocycles. The molecule has 0 radical (unpaired) electrons. The molecule has 146 valence electrons. The largest absolute Gasteiger partial charge is 0.390 e. The highest BCUT2D eigenvalue weighted by molar-refractivity contribution is 5.77. The highest BCUT2D eigenvalue weighted by Gasteiger charge is 2.52. The van der Waals surface area contributed by atoms with Crippen LogP contribution in [0.4, 0.5) is 0 Å². The molecule has 4 aliphatic carbocycles. The Kier molecular flexibility index (Phi) is 4.33. The quantitative estimate of drug-likeness (QED) is 0.826. The Morgan fingerprint density at radius 1 is 0.962 bits per heavy atom. The zero-order chi connectivity index (χ0) is 17.9. The van der Waals surface area contributed by atoms with E-state index in [-0.39, 0.29) is 12.1 Å². The summed E-state index contributed by atoms with van der Waals surface area (Å²) in [6.45, 7) is 5.41. The average Bonchev–Trinajstić information content (AvgIpc) is 2.96. The van der Waals surface area contributed by atoms with E-state index in [4.69, 9.17) is 0 Å². The van der Waals surface area contributed by atoms with Gasteiger partial charge in [-0.2, -0.15) is 0 Å². The lowest BCUT2D eigenvalue weighted by molar-refractivity contribution is -0.139. The Hall–Kier alpha value is -0.650. The first-order valence-electron chi connectivity index (χ1n) is 10.9. The predicted octanol–water partition coefficient (Wildman–Crippen LogP) is 1.41. The molecule has 1 N–H and O–H groups in total. The minimum Gasteiger partial charge on any atom is -0.390 e. The first kappa shape index (κ1) is 17.4. The van der Waals surface area contributed by atoms with E-state index in [1.54, 1.807) is 0 Å². The van der Waals surface area contributed by atoms with Crippen LogP contribution in [0.25, 0.3) is 0 Å². The second-order valence-corrected chi connectivity index (χ2v) is 10.4. The summed E-state index contributed by atoms with van der Waals surface area (Å²) in [7, 11) is 2.16. The van der Waals surface area contributed by atoms with Gasteiger partial charge < -0.3 is 14.9 Å². The van der Waals surface area contributed by atoms with Crippen molar-refractivity contribution in [1.82, 2.24) is 14.7 Å². The van der Waals surface area contributed by atoms with Gasteiger partial charge in [0.05, 0.1) is 12.1 Å². The van der Waals surface area contributed by atoms with Gasteiger partial charge in [-0.1, -0.05) is 0 Å². The fraction of sp³-hybridized carbons (Fsp3) is 0.952. The minimum atomic E-state index is -0.376. The summed E-state index contributed by atoms with van der Waals surface area (Å²) >= 11 is 0. The third-order valence-corrected chi connectivity index (χ3v) is 8.31. The van der Waals surface area contributed by atoms with Crippen LogP contribution < -0.4 is 0 Å². The Morgan fingerprint density at radius 2 is 1.54 bits per heavy atom. The molecule has 0 aromatic rings. The van der Waals surface area contributed by atoms with E-state index in [2.05, 4.69) is 16.8 Å². The van der Waals surface area contributed by atoms with Crippen molar-refractivity contribution < 1.29 is 9.90 Å². The van der Waals surface area contributed by atoms with E-state index in [0.717, 1.165) is 56.9 Å². The number of nitrogens with zero attached hydrogens (tertiary/aromatic N) is 3. The smallest absolute Gasteiger partial charge is 0.223 e. The van der Waals surface area contributed by atoms with Gasteiger partial charge in [0.2, 0.25) is 5.91 Å². The molecule has 26 heavy (non-hydrogen) atoms. The Morgan fingerprint density at radius 3 is 2.12 bits per heavy atom. The maximum Gasteiger partial charge on any atom is 0.223 e. The van der Waals surface area contributed by atoms with Gasteiger partial charge in [-0.15, -0.1) is 0 Å². The van der Waals surface area contributed by atoms with Crippen molar-refractivity contribution in [2.75, 3.05) is 46.3 Å². The van der Waals surface area contributed by atoms with E-state index in [1.165, 1.54) is 38.5 Å². The third-order valence-electron chi connectivity index (χ3n) is 8.31. The van der Waals surface area contributed by atoms with Crippen molar-refractivity contribution in [2.45, 2.75) is 57.1 Å². The van der Waals surface area contributed by atoms with Crippen molar-refractivity contribution in [2.24, 2.45) is 23.2 Å². The van der Waals surface area contributed by atoms with Crippen molar-refractivity contribution in [3.8, 4) is 0 Å². The van der Waals surface area contributed by atoms with Crippen LogP contribution in [-0.2, 0) is 4.79 Å². The number of hydrogen-bond acceptors (Lipinski definition) is 4. The summed E-state index contributed by atoms with van der Waals surface area (Å²) in [4.78, 5) is 19.9. The van der Waals surface area contributed by atoms with Gasteiger partial charge in [0.15, 0.2) is 0 Å². The van der Waals surface area contributed by atoms with Crippen LogP contribution in [0, 0.1) is 23.2 Å². The lowest BCUT2D eigenvalue weighted by Crippen LogP contribution is -2.52. The summed E-state index contributed by atoms with van der Waals surface area (Å²) in [5.74, 6) is 3.02. The number of carbonyl (C=O) groups is 1. The first-order chi connectivity index (χ1) is 12.5. The standard InChI is InChI=1S/C21H35N3O2/c1-22-2-4-23(5-3-22)18-13-24(14-19(18)25)20(26)12-21-9-15-6-16(10-21)8-17(7-15)11-21/h15-19,25H,2-14H2,1H3/t15?,16?,17?,18-,19-,21?/m1/s1. The predicted molar refractivity (Wildman–Crippen MR) is 101 cm³/mol. The van der Waals surface area contributed by atoms with Crippen LogP contribution in [0.1, 0.15) is 44.9 Å². The number of carbonyl (C=O) groups excluding carboxylic acids is 1. The molecule has 2 saturated heterocycles. The molecule has 5 nitrogen and oxygen atoms in total. The van der Waals surface area contributed by atoms with Crippen LogP contribution in [0.15, 0.2) is 0 Å².